The minimum Gasteiger partial charge on any atom is -0.383 e. The Bertz CT molecular complexity index is 249. The van der Waals surface area contributed by atoms with Gasteiger partial charge in [-0.2, -0.15) is 0 Å². The van der Waals surface area contributed by atoms with Crippen molar-refractivity contribution >= 4 is 0 Å². The average molecular weight is 284 g/mol. The molecule has 0 aromatic rings. The van der Waals surface area contributed by atoms with Gasteiger partial charge in [-0.05, 0) is 51.1 Å². The summed E-state index contributed by atoms with van der Waals surface area (Å²) in [5.74, 6) is 0.913. The van der Waals surface area contributed by atoms with Crippen LogP contribution in [0.25, 0.3) is 0 Å². The van der Waals surface area contributed by atoms with E-state index in [4.69, 9.17) is 4.74 Å². The van der Waals surface area contributed by atoms with Crippen LogP contribution < -0.4 is 5.32 Å². The third kappa shape index (κ3) is 5.71. The molecule has 1 saturated carbocycles. The molecule has 0 aliphatic heterocycles. The Hall–Kier alpha value is -0.120. The van der Waals surface area contributed by atoms with E-state index in [9.17, 15) is 0 Å². The van der Waals surface area contributed by atoms with Gasteiger partial charge in [0.05, 0.1) is 6.61 Å². The highest BCUT2D eigenvalue weighted by Crippen LogP contribution is 2.39. The third-order valence-electron chi connectivity index (χ3n) is 5.01. The molecule has 1 atom stereocenters. The number of nitrogens with one attached hydrogen (secondary N) is 1. The molecule has 120 valence electrons. The highest BCUT2D eigenvalue weighted by Gasteiger charge is 2.35. The van der Waals surface area contributed by atoms with Crippen molar-refractivity contribution in [2.75, 3.05) is 40.4 Å². The van der Waals surface area contributed by atoms with Crippen LogP contribution in [0.5, 0.6) is 0 Å². The van der Waals surface area contributed by atoms with E-state index in [-0.39, 0.29) is 0 Å². The Balaban J connectivity index is 2.57. The maximum atomic E-state index is 5.31. The molecule has 1 fully saturated rings. The van der Waals surface area contributed by atoms with Gasteiger partial charge in [-0.15, -0.1) is 0 Å². The highest BCUT2D eigenvalue weighted by atomic mass is 16.5. The van der Waals surface area contributed by atoms with Crippen molar-refractivity contribution in [3.8, 4) is 0 Å². The topological polar surface area (TPSA) is 24.5 Å². The van der Waals surface area contributed by atoms with Crippen molar-refractivity contribution in [1.82, 2.24) is 10.2 Å². The fraction of sp³-hybridized carbons (Fsp3) is 1.00. The summed E-state index contributed by atoms with van der Waals surface area (Å²) in [7, 11) is 4.05. The van der Waals surface area contributed by atoms with E-state index in [1.807, 2.05) is 0 Å². The van der Waals surface area contributed by atoms with Crippen LogP contribution in [-0.4, -0.2) is 51.3 Å². The molecule has 1 N–H and O–H groups in total. The normalized spacial score (nSPS) is 28.8. The Morgan fingerprint density at radius 3 is 2.55 bits per heavy atom. The molecule has 0 aromatic carbocycles. The van der Waals surface area contributed by atoms with Crippen LogP contribution in [-0.2, 0) is 4.74 Å². The largest absolute Gasteiger partial charge is 0.383 e. The van der Waals surface area contributed by atoms with Crippen molar-refractivity contribution in [2.24, 2.45) is 11.3 Å². The second-order valence-electron chi connectivity index (χ2n) is 7.08. The molecule has 0 amide bonds. The Labute approximate surface area is 126 Å². The molecule has 0 saturated heterocycles. The van der Waals surface area contributed by atoms with Gasteiger partial charge >= 0.3 is 0 Å². The summed E-state index contributed by atoms with van der Waals surface area (Å²) < 4.78 is 5.31. The molecule has 0 spiro atoms. The van der Waals surface area contributed by atoms with E-state index in [1.54, 1.807) is 7.11 Å². The standard InChI is InChI=1S/C17H36N2O/c1-6-11-18-13-17(9-7-15(2)8-10-17)14-19(4)16(3)12-20-5/h15-16,18H,6-14H2,1-5H3. The Morgan fingerprint density at radius 1 is 1.35 bits per heavy atom. The second kappa shape index (κ2) is 9.01. The van der Waals surface area contributed by atoms with E-state index in [0.717, 1.165) is 19.1 Å². The van der Waals surface area contributed by atoms with Crippen LogP contribution >= 0.6 is 0 Å². The molecular weight excluding hydrogens is 248 g/mol. The monoisotopic (exact) mass is 284 g/mol. The molecule has 1 rings (SSSR count). The van der Waals surface area contributed by atoms with Crippen molar-refractivity contribution in [3.63, 3.8) is 0 Å². The smallest absolute Gasteiger partial charge is 0.0615 e. The average Bonchev–Trinajstić information content (AvgIpc) is 2.43. The van der Waals surface area contributed by atoms with Crippen LogP contribution in [0.3, 0.4) is 0 Å². The number of methoxy groups -OCH3 is 1. The maximum Gasteiger partial charge on any atom is 0.0615 e. The van der Waals surface area contributed by atoms with E-state index in [1.165, 1.54) is 45.2 Å². The zero-order valence-corrected chi connectivity index (χ0v) is 14.4. The number of nitrogens with zero attached hydrogens (tertiary/aromatic N) is 1. The van der Waals surface area contributed by atoms with Gasteiger partial charge < -0.3 is 15.0 Å². The van der Waals surface area contributed by atoms with E-state index in [2.05, 4.69) is 38.0 Å². The van der Waals surface area contributed by atoms with Gasteiger partial charge in [0.25, 0.3) is 0 Å². The zero-order valence-electron chi connectivity index (χ0n) is 14.4. The predicted molar refractivity (Wildman–Crippen MR) is 87.2 cm³/mol. The third-order valence-corrected chi connectivity index (χ3v) is 5.01. The molecule has 0 radical (unpaired) electrons. The second-order valence-corrected chi connectivity index (χ2v) is 7.08. The quantitative estimate of drug-likeness (QED) is 0.658. The first kappa shape index (κ1) is 17.9. The van der Waals surface area contributed by atoms with E-state index in [0.29, 0.717) is 11.5 Å². The summed E-state index contributed by atoms with van der Waals surface area (Å²) in [6.45, 7) is 11.3. The fourth-order valence-corrected chi connectivity index (χ4v) is 3.35. The Morgan fingerprint density at radius 2 is 2.00 bits per heavy atom. The minimum absolute atomic E-state index is 0.471. The fourth-order valence-electron chi connectivity index (χ4n) is 3.35. The lowest BCUT2D eigenvalue weighted by Crippen LogP contribution is -2.48. The lowest BCUT2D eigenvalue weighted by atomic mass is 9.70. The number of rotatable bonds is 9. The van der Waals surface area contributed by atoms with Crippen molar-refractivity contribution in [3.05, 3.63) is 0 Å². The van der Waals surface area contributed by atoms with Crippen molar-refractivity contribution < 1.29 is 4.74 Å². The number of likely N-dealkylation sites (N-methyl/N-ethyl adjacent to an activating group) is 1. The lowest BCUT2D eigenvalue weighted by Gasteiger charge is -2.43. The van der Waals surface area contributed by atoms with Crippen molar-refractivity contribution in [1.29, 1.82) is 0 Å². The molecule has 0 aromatic heterocycles. The molecule has 3 heteroatoms. The summed E-state index contributed by atoms with van der Waals surface area (Å²) in [6, 6.07) is 0.502. The van der Waals surface area contributed by atoms with Gasteiger partial charge in [-0.25, -0.2) is 0 Å². The summed E-state index contributed by atoms with van der Waals surface area (Å²) >= 11 is 0. The van der Waals surface area contributed by atoms with Gasteiger partial charge in [0.1, 0.15) is 0 Å². The number of hydrogen-bond acceptors (Lipinski definition) is 3. The lowest BCUT2D eigenvalue weighted by molar-refractivity contribution is 0.0535. The zero-order chi connectivity index (χ0) is 15.0. The SMILES string of the molecule is CCCNCC1(CN(C)C(C)COC)CCC(C)CC1. The van der Waals surface area contributed by atoms with Crippen LogP contribution in [0, 0.1) is 11.3 Å². The minimum atomic E-state index is 0.471. The molecule has 3 nitrogen and oxygen atoms in total. The highest BCUT2D eigenvalue weighted by molar-refractivity contribution is 4.89. The molecule has 0 heterocycles. The first-order valence-corrected chi connectivity index (χ1v) is 8.43. The summed E-state index contributed by atoms with van der Waals surface area (Å²) in [5, 5.41) is 3.68. The molecular formula is C17H36N2O. The van der Waals surface area contributed by atoms with Crippen LogP contribution in [0.4, 0.5) is 0 Å². The molecule has 1 aliphatic carbocycles. The van der Waals surface area contributed by atoms with Crippen molar-refractivity contribution in [2.45, 2.75) is 58.9 Å². The molecule has 20 heavy (non-hydrogen) atoms. The van der Waals surface area contributed by atoms with E-state index < -0.39 is 0 Å². The van der Waals surface area contributed by atoms with Gasteiger partial charge in [0.15, 0.2) is 0 Å². The summed E-state index contributed by atoms with van der Waals surface area (Å²) in [6.07, 6.45) is 6.74. The Kier molecular flexibility index (Phi) is 8.08. The number of hydrogen-bond donors (Lipinski definition) is 1. The summed E-state index contributed by atoms with van der Waals surface area (Å²) in [4.78, 5) is 2.49. The van der Waals surface area contributed by atoms with Gasteiger partial charge in [-0.3, -0.25) is 0 Å². The van der Waals surface area contributed by atoms with Gasteiger partial charge in [0.2, 0.25) is 0 Å². The first-order valence-electron chi connectivity index (χ1n) is 8.43. The summed E-state index contributed by atoms with van der Waals surface area (Å²) in [5.41, 5.74) is 0.471. The van der Waals surface area contributed by atoms with Gasteiger partial charge in [-0.1, -0.05) is 26.7 Å². The van der Waals surface area contributed by atoms with Crippen LogP contribution in [0.15, 0.2) is 0 Å². The first-order chi connectivity index (χ1) is 9.53. The van der Waals surface area contributed by atoms with Crippen LogP contribution in [0.1, 0.15) is 52.9 Å². The predicted octanol–water partition coefficient (Wildman–Crippen LogP) is 3.15. The molecule has 1 unspecified atom stereocenters. The molecule has 1 aliphatic rings. The van der Waals surface area contributed by atoms with Crippen LogP contribution in [0.2, 0.25) is 0 Å². The maximum absolute atomic E-state index is 5.31. The van der Waals surface area contributed by atoms with E-state index >= 15 is 0 Å². The molecule has 0 bridgehead atoms. The number of ether oxygens (including phenoxy) is 1. The van der Waals surface area contributed by atoms with Gasteiger partial charge in [0, 0.05) is 26.2 Å².